The van der Waals surface area contributed by atoms with E-state index in [9.17, 15) is 0 Å². The summed E-state index contributed by atoms with van der Waals surface area (Å²) in [6.45, 7) is 8.31. The molecule has 1 atom stereocenters. The fourth-order valence-corrected chi connectivity index (χ4v) is 1.32. The summed E-state index contributed by atoms with van der Waals surface area (Å²) < 4.78 is 5.82. The van der Waals surface area contributed by atoms with Crippen molar-refractivity contribution in [1.29, 1.82) is 0 Å². The molecule has 0 N–H and O–H groups in total. The van der Waals surface area contributed by atoms with Crippen LogP contribution in [0.5, 0.6) is 0 Å². The molecule has 1 heteroatoms. The van der Waals surface area contributed by atoms with Crippen LogP contribution in [0, 0.1) is 0 Å². The van der Waals surface area contributed by atoms with Crippen LogP contribution in [0.3, 0.4) is 0 Å². The van der Waals surface area contributed by atoms with Crippen molar-refractivity contribution < 1.29 is 4.74 Å². The van der Waals surface area contributed by atoms with E-state index >= 15 is 0 Å². The average Bonchev–Trinajstić information content (AvgIpc) is 2.03. The Morgan fingerprint density at radius 3 is 2.08 bits per heavy atom. The van der Waals surface area contributed by atoms with Gasteiger partial charge in [0.15, 0.2) is 0 Å². The first kappa shape index (κ1) is 10.3. The van der Waals surface area contributed by atoms with Crippen LogP contribution in [0.4, 0.5) is 0 Å². The molecule has 1 rings (SSSR count). The van der Waals surface area contributed by atoms with E-state index in [2.05, 4.69) is 39.8 Å². The number of benzene rings is 1. The van der Waals surface area contributed by atoms with E-state index < -0.39 is 0 Å². The standard InChI is InChI=1S/C12H18O/c1-10(13-12(2,3)4)11-8-6-5-7-9-11/h5-10H,1-4H3. The van der Waals surface area contributed by atoms with Gasteiger partial charge in [-0.15, -0.1) is 0 Å². The first-order valence-corrected chi connectivity index (χ1v) is 4.72. The average molecular weight is 178 g/mol. The van der Waals surface area contributed by atoms with Gasteiger partial charge in [0.05, 0.1) is 11.7 Å². The topological polar surface area (TPSA) is 9.23 Å². The molecule has 0 aliphatic carbocycles. The lowest BCUT2D eigenvalue weighted by Crippen LogP contribution is -2.21. The molecule has 0 aromatic heterocycles. The van der Waals surface area contributed by atoms with Crippen molar-refractivity contribution in [3.63, 3.8) is 0 Å². The normalized spacial score (nSPS) is 14.2. The molecule has 0 spiro atoms. The Morgan fingerprint density at radius 2 is 1.62 bits per heavy atom. The second-order valence-corrected chi connectivity index (χ2v) is 4.28. The molecule has 72 valence electrons. The molecule has 1 nitrogen and oxygen atoms in total. The maximum atomic E-state index is 5.82. The Bertz CT molecular complexity index is 246. The van der Waals surface area contributed by atoms with E-state index in [1.165, 1.54) is 5.56 Å². The molecule has 1 unspecified atom stereocenters. The van der Waals surface area contributed by atoms with Crippen molar-refractivity contribution >= 4 is 0 Å². The van der Waals surface area contributed by atoms with Gasteiger partial charge in [-0.25, -0.2) is 0 Å². The van der Waals surface area contributed by atoms with E-state index in [4.69, 9.17) is 4.74 Å². The van der Waals surface area contributed by atoms with Gasteiger partial charge in [0.1, 0.15) is 0 Å². The van der Waals surface area contributed by atoms with Crippen LogP contribution >= 0.6 is 0 Å². The van der Waals surface area contributed by atoms with Crippen LogP contribution in [0.2, 0.25) is 0 Å². The van der Waals surface area contributed by atoms with E-state index in [1.807, 2.05) is 18.2 Å². The summed E-state index contributed by atoms with van der Waals surface area (Å²) in [5.74, 6) is 0. The van der Waals surface area contributed by atoms with E-state index in [0.29, 0.717) is 0 Å². The maximum Gasteiger partial charge on any atom is 0.0803 e. The number of rotatable bonds is 2. The molecule has 0 saturated carbocycles. The molecule has 0 aliphatic rings. The van der Waals surface area contributed by atoms with E-state index in [1.54, 1.807) is 0 Å². The summed E-state index contributed by atoms with van der Waals surface area (Å²) in [4.78, 5) is 0. The number of hydrogen-bond donors (Lipinski definition) is 0. The molecule has 1 aromatic rings. The zero-order chi connectivity index (χ0) is 9.90. The summed E-state index contributed by atoms with van der Waals surface area (Å²) in [5, 5.41) is 0. The summed E-state index contributed by atoms with van der Waals surface area (Å²) in [7, 11) is 0. The van der Waals surface area contributed by atoms with E-state index in [0.717, 1.165) is 0 Å². The fourth-order valence-electron chi connectivity index (χ4n) is 1.32. The zero-order valence-electron chi connectivity index (χ0n) is 8.87. The van der Waals surface area contributed by atoms with Crippen molar-refractivity contribution in [2.24, 2.45) is 0 Å². The minimum Gasteiger partial charge on any atom is -0.368 e. The zero-order valence-corrected chi connectivity index (χ0v) is 8.87. The minimum atomic E-state index is -0.0741. The molecular formula is C12H18O. The molecule has 0 amide bonds. The van der Waals surface area contributed by atoms with Gasteiger partial charge in [-0.1, -0.05) is 30.3 Å². The third kappa shape index (κ3) is 3.60. The van der Waals surface area contributed by atoms with Gasteiger partial charge in [0.25, 0.3) is 0 Å². The van der Waals surface area contributed by atoms with Crippen molar-refractivity contribution in [3.05, 3.63) is 35.9 Å². The SMILES string of the molecule is CC(OC(C)(C)C)c1ccccc1. The lowest BCUT2D eigenvalue weighted by Gasteiger charge is -2.25. The first-order valence-electron chi connectivity index (χ1n) is 4.72. The van der Waals surface area contributed by atoms with Crippen LogP contribution in [0.25, 0.3) is 0 Å². The van der Waals surface area contributed by atoms with Gasteiger partial charge < -0.3 is 4.74 Å². The van der Waals surface area contributed by atoms with Gasteiger partial charge in [-0.05, 0) is 33.3 Å². The quantitative estimate of drug-likeness (QED) is 0.672. The second kappa shape index (κ2) is 3.93. The van der Waals surface area contributed by atoms with Crippen molar-refractivity contribution in [3.8, 4) is 0 Å². The van der Waals surface area contributed by atoms with Crippen LogP contribution < -0.4 is 0 Å². The molecule has 0 heterocycles. The molecule has 0 fully saturated rings. The highest BCUT2D eigenvalue weighted by atomic mass is 16.5. The van der Waals surface area contributed by atoms with Gasteiger partial charge in [0.2, 0.25) is 0 Å². The van der Waals surface area contributed by atoms with Gasteiger partial charge in [-0.2, -0.15) is 0 Å². The van der Waals surface area contributed by atoms with E-state index in [-0.39, 0.29) is 11.7 Å². The first-order chi connectivity index (χ1) is 5.99. The lowest BCUT2D eigenvalue weighted by atomic mass is 10.1. The highest BCUT2D eigenvalue weighted by Gasteiger charge is 2.15. The third-order valence-corrected chi connectivity index (χ3v) is 1.80. The Balaban J connectivity index is 2.64. The van der Waals surface area contributed by atoms with Crippen LogP contribution in [0.15, 0.2) is 30.3 Å². The highest BCUT2D eigenvalue weighted by Crippen LogP contribution is 2.22. The van der Waals surface area contributed by atoms with Crippen molar-refractivity contribution in [1.82, 2.24) is 0 Å². The summed E-state index contributed by atoms with van der Waals surface area (Å²) in [6, 6.07) is 10.3. The van der Waals surface area contributed by atoms with Crippen molar-refractivity contribution in [2.75, 3.05) is 0 Å². The summed E-state index contributed by atoms with van der Waals surface area (Å²) >= 11 is 0. The molecule has 0 bridgehead atoms. The number of ether oxygens (including phenoxy) is 1. The minimum absolute atomic E-state index is 0.0741. The molecule has 0 saturated heterocycles. The predicted octanol–water partition coefficient (Wildman–Crippen LogP) is 3.56. The lowest BCUT2D eigenvalue weighted by molar-refractivity contribution is -0.0529. The van der Waals surface area contributed by atoms with Crippen molar-refractivity contribution in [2.45, 2.75) is 39.4 Å². The largest absolute Gasteiger partial charge is 0.368 e. The molecular weight excluding hydrogens is 160 g/mol. The van der Waals surface area contributed by atoms with Gasteiger partial charge in [-0.3, -0.25) is 0 Å². The van der Waals surface area contributed by atoms with Crippen LogP contribution in [0.1, 0.15) is 39.4 Å². The molecule has 0 aliphatic heterocycles. The maximum absolute atomic E-state index is 5.82. The molecule has 13 heavy (non-hydrogen) atoms. The Hall–Kier alpha value is -0.820. The monoisotopic (exact) mass is 178 g/mol. The molecule has 1 aromatic carbocycles. The predicted molar refractivity (Wildman–Crippen MR) is 55.7 cm³/mol. The number of hydrogen-bond acceptors (Lipinski definition) is 1. The summed E-state index contributed by atoms with van der Waals surface area (Å²) in [5.41, 5.74) is 1.16. The highest BCUT2D eigenvalue weighted by molar-refractivity contribution is 5.16. The van der Waals surface area contributed by atoms with Gasteiger partial charge in [0, 0.05) is 0 Å². The Kier molecular flexibility index (Phi) is 3.10. The smallest absolute Gasteiger partial charge is 0.0803 e. The fraction of sp³-hybridized carbons (Fsp3) is 0.500. The summed E-state index contributed by atoms with van der Waals surface area (Å²) in [6.07, 6.45) is 0.168. The van der Waals surface area contributed by atoms with Crippen LogP contribution in [-0.2, 0) is 4.74 Å². The third-order valence-electron chi connectivity index (χ3n) is 1.80. The Labute approximate surface area is 80.7 Å². The van der Waals surface area contributed by atoms with Crippen LogP contribution in [-0.4, -0.2) is 5.60 Å². The Morgan fingerprint density at radius 1 is 1.08 bits per heavy atom. The molecule has 0 radical (unpaired) electrons. The second-order valence-electron chi connectivity index (χ2n) is 4.28. The van der Waals surface area contributed by atoms with Gasteiger partial charge >= 0.3 is 0 Å².